The molecule has 2 aromatic rings. The highest BCUT2D eigenvalue weighted by Gasteiger charge is 2.03. The second-order valence-corrected chi connectivity index (χ2v) is 5.60. The first-order valence-electron chi connectivity index (χ1n) is 8.26. The molecule has 0 aromatic heterocycles. The number of guanidine groups is 1. The summed E-state index contributed by atoms with van der Waals surface area (Å²) in [5.41, 5.74) is 6.69. The maximum absolute atomic E-state index is 13.6. The largest absolute Gasteiger partial charge is 0.484 e. The molecule has 7 heteroatoms. The summed E-state index contributed by atoms with van der Waals surface area (Å²) in [4.78, 5) is 14.9. The lowest BCUT2D eigenvalue weighted by Gasteiger charge is -2.13. The van der Waals surface area contributed by atoms with Gasteiger partial charge in [-0.05, 0) is 35.7 Å². The number of hydrogen-bond donors (Lipinski definition) is 3. The van der Waals surface area contributed by atoms with Crippen molar-refractivity contribution in [2.75, 3.05) is 20.2 Å². The third-order valence-electron chi connectivity index (χ3n) is 3.61. The van der Waals surface area contributed by atoms with Crippen molar-refractivity contribution in [3.63, 3.8) is 0 Å². The van der Waals surface area contributed by atoms with Gasteiger partial charge in [0, 0.05) is 20.1 Å². The van der Waals surface area contributed by atoms with Crippen molar-refractivity contribution < 1.29 is 13.9 Å². The van der Waals surface area contributed by atoms with Crippen LogP contribution in [0.4, 0.5) is 4.39 Å². The van der Waals surface area contributed by atoms with Crippen LogP contribution in [0.25, 0.3) is 0 Å². The third-order valence-corrected chi connectivity index (χ3v) is 3.61. The number of aliphatic imine (C=N–C) groups is 1. The van der Waals surface area contributed by atoms with Crippen LogP contribution in [0.5, 0.6) is 5.75 Å². The van der Waals surface area contributed by atoms with Gasteiger partial charge in [0.05, 0.1) is 0 Å². The Labute approximate surface area is 152 Å². The van der Waals surface area contributed by atoms with E-state index in [4.69, 9.17) is 10.5 Å². The summed E-state index contributed by atoms with van der Waals surface area (Å²) in [5.74, 6) is 0.466. The fourth-order valence-corrected chi connectivity index (χ4v) is 2.32. The van der Waals surface area contributed by atoms with Crippen molar-refractivity contribution in [1.82, 2.24) is 10.6 Å². The first-order valence-corrected chi connectivity index (χ1v) is 8.26. The Morgan fingerprint density at radius 1 is 1.19 bits per heavy atom. The average Bonchev–Trinajstić information content (AvgIpc) is 2.64. The highest BCUT2D eigenvalue weighted by atomic mass is 19.1. The van der Waals surface area contributed by atoms with Crippen LogP contribution >= 0.6 is 0 Å². The van der Waals surface area contributed by atoms with Gasteiger partial charge < -0.3 is 21.1 Å². The summed E-state index contributed by atoms with van der Waals surface area (Å²) in [6.45, 7) is 0.922. The molecule has 0 heterocycles. The number of nitrogens with two attached hydrogens (primary N) is 1. The number of nitrogens with one attached hydrogen (secondary N) is 2. The molecule has 2 rings (SSSR count). The molecule has 0 aliphatic heterocycles. The first kappa shape index (κ1) is 19.2. The highest BCUT2D eigenvalue weighted by molar-refractivity contribution is 5.79. The SMILES string of the molecule is CN=C(NCCc1ccccc1F)NCc1cccc(OCC(N)=O)c1. The molecular weight excluding hydrogens is 335 g/mol. The second-order valence-electron chi connectivity index (χ2n) is 5.60. The number of amides is 1. The number of carbonyl (C=O) groups is 1. The van der Waals surface area contributed by atoms with Gasteiger partial charge in [0.15, 0.2) is 12.6 Å². The molecule has 26 heavy (non-hydrogen) atoms. The van der Waals surface area contributed by atoms with Gasteiger partial charge in [-0.15, -0.1) is 0 Å². The minimum absolute atomic E-state index is 0.157. The molecule has 0 fully saturated rings. The van der Waals surface area contributed by atoms with Crippen LogP contribution in [-0.2, 0) is 17.8 Å². The molecule has 138 valence electrons. The van der Waals surface area contributed by atoms with E-state index in [9.17, 15) is 9.18 Å². The molecule has 0 spiro atoms. The molecule has 0 atom stereocenters. The number of benzene rings is 2. The zero-order valence-corrected chi connectivity index (χ0v) is 14.7. The van der Waals surface area contributed by atoms with E-state index in [-0.39, 0.29) is 12.4 Å². The zero-order chi connectivity index (χ0) is 18.8. The lowest BCUT2D eigenvalue weighted by atomic mass is 10.1. The van der Waals surface area contributed by atoms with E-state index >= 15 is 0 Å². The normalized spacial score (nSPS) is 11.1. The number of ether oxygens (including phenoxy) is 1. The molecule has 1 amide bonds. The Hall–Kier alpha value is -3.09. The summed E-state index contributed by atoms with van der Waals surface area (Å²) >= 11 is 0. The van der Waals surface area contributed by atoms with Crippen LogP contribution < -0.4 is 21.1 Å². The van der Waals surface area contributed by atoms with E-state index < -0.39 is 5.91 Å². The van der Waals surface area contributed by atoms with E-state index in [1.807, 2.05) is 24.3 Å². The Morgan fingerprint density at radius 3 is 2.73 bits per heavy atom. The van der Waals surface area contributed by atoms with Gasteiger partial charge in [-0.2, -0.15) is 0 Å². The summed E-state index contributed by atoms with van der Waals surface area (Å²) in [7, 11) is 1.67. The average molecular weight is 358 g/mol. The van der Waals surface area contributed by atoms with E-state index in [0.29, 0.717) is 36.8 Å². The number of carbonyl (C=O) groups excluding carboxylic acids is 1. The molecule has 0 saturated heterocycles. The first-order chi connectivity index (χ1) is 12.6. The van der Waals surface area contributed by atoms with E-state index in [2.05, 4.69) is 15.6 Å². The lowest BCUT2D eigenvalue weighted by molar-refractivity contribution is -0.119. The van der Waals surface area contributed by atoms with Crippen LogP contribution in [0.3, 0.4) is 0 Å². The number of rotatable bonds is 8. The highest BCUT2D eigenvalue weighted by Crippen LogP contribution is 2.13. The van der Waals surface area contributed by atoms with E-state index in [0.717, 1.165) is 5.56 Å². The van der Waals surface area contributed by atoms with Crippen molar-refractivity contribution in [3.8, 4) is 5.75 Å². The number of nitrogens with zero attached hydrogens (tertiary/aromatic N) is 1. The maximum Gasteiger partial charge on any atom is 0.255 e. The molecule has 2 aromatic carbocycles. The monoisotopic (exact) mass is 358 g/mol. The zero-order valence-electron chi connectivity index (χ0n) is 14.7. The van der Waals surface area contributed by atoms with Crippen molar-refractivity contribution in [3.05, 3.63) is 65.5 Å². The topological polar surface area (TPSA) is 88.7 Å². The van der Waals surface area contributed by atoms with Crippen LogP contribution in [0.1, 0.15) is 11.1 Å². The van der Waals surface area contributed by atoms with E-state index in [1.54, 1.807) is 25.2 Å². The van der Waals surface area contributed by atoms with Gasteiger partial charge in [0.1, 0.15) is 11.6 Å². The Kier molecular flexibility index (Phi) is 7.42. The second kappa shape index (κ2) is 10.0. The smallest absolute Gasteiger partial charge is 0.255 e. The standard InChI is InChI=1S/C19H23FN4O2/c1-22-19(23-10-9-15-6-2-3-8-17(15)20)24-12-14-5-4-7-16(11-14)26-13-18(21)25/h2-8,11H,9-10,12-13H2,1H3,(H2,21,25)(H2,22,23,24). The fraction of sp³-hybridized carbons (Fsp3) is 0.263. The van der Waals surface area contributed by atoms with Crippen molar-refractivity contribution >= 4 is 11.9 Å². The Balaban J connectivity index is 1.80. The van der Waals surface area contributed by atoms with E-state index in [1.165, 1.54) is 6.07 Å². The minimum atomic E-state index is -0.520. The molecule has 0 radical (unpaired) electrons. The van der Waals surface area contributed by atoms with Crippen LogP contribution in [0.15, 0.2) is 53.5 Å². The predicted molar refractivity (Wildman–Crippen MR) is 99.4 cm³/mol. The molecule has 4 N–H and O–H groups in total. The van der Waals surface area contributed by atoms with Gasteiger partial charge >= 0.3 is 0 Å². The number of primary amides is 1. The van der Waals surface area contributed by atoms with Gasteiger partial charge in [0.25, 0.3) is 5.91 Å². The van der Waals surface area contributed by atoms with Gasteiger partial charge in [-0.1, -0.05) is 30.3 Å². The quantitative estimate of drug-likeness (QED) is 0.494. The summed E-state index contributed by atoms with van der Waals surface area (Å²) in [6, 6.07) is 14.1. The third kappa shape index (κ3) is 6.43. The molecule has 0 aliphatic carbocycles. The molecule has 0 saturated carbocycles. The van der Waals surface area contributed by atoms with Crippen LogP contribution in [0, 0.1) is 5.82 Å². The van der Waals surface area contributed by atoms with Gasteiger partial charge in [-0.3, -0.25) is 9.79 Å². The van der Waals surface area contributed by atoms with Crippen molar-refractivity contribution in [1.29, 1.82) is 0 Å². The van der Waals surface area contributed by atoms with Crippen LogP contribution in [0.2, 0.25) is 0 Å². The Morgan fingerprint density at radius 2 is 2.00 bits per heavy atom. The summed E-state index contributed by atoms with van der Waals surface area (Å²) < 4.78 is 18.9. The molecular formula is C19H23FN4O2. The molecule has 0 bridgehead atoms. The van der Waals surface area contributed by atoms with Gasteiger partial charge in [0.2, 0.25) is 0 Å². The Bertz CT molecular complexity index is 765. The lowest BCUT2D eigenvalue weighted by Crippen LogP contribution is -2.37. The fourth-order valence-electron chi connectivity index (χ4n) is 2.32. The van der Waals surface area contributed by atoms with Crippen molar-refractivity contribution in [2.45, 2.75) is 13.0 Å². The maximum atomic E-state index is 13.6. The number of halogens is 1. The molecule has 6 nitrogen and oxygen atoms in total. The number of hydrogen-bond acceptors (Lipinski definition) is 3. The summed E-state index contributed by atoms with van der Waals surface area (Å²) in [6.07, 6.45) is 0.559. The molecule has 0 unspecified atom stereocenters. The van der Waals surface area contributed by atoms with Crippen molar-refractivity contribution in [2.24, 2.45) is 10.7 Å². The van der Waals surface area contributed by atoms with Crippen LogP contribution in [-0.4, -0.2) is 32.1 Å². The molecule has 0 aliphatic rings. The summed E-state index contributed by atoms with van der Waals surface area (Å²) in [5, 5.41) is 6.33. The van der Waals surface area contributed by atoms with Gasteiger partial charge in [-0.25, -0.2) is 4.39 Å². The predicted octanol–water partition coefficient (Wildman–Crippen LogP) is 1.60. The minimum Gasteiger partial charge on any atom is -0.484 e.